The largest absolute Gasteiger partial charge is 0.486 e. The molecule has 0 aliphatic carbocycles. The predicted octanol–water partition coefficient (Wildman–Crippen LogP) is 5.47. The second kappa shape index (κ2) is 9.65. The molecule has 29 heavy (non-hydrogen) atoms. The van der Waals surface area contributed by atoms with Crippen molar-refractivity contribution in [1.29, 1.82) is 0 Å². The topological polar surface area (TPSA) is 42.4 Å². The third-order valence-electron chi connectivity index (χ3n) is 4.31. The van der Waals surface area contributed by atoms with Crippen LogP contribution in [0.15, 0.2) is 53.9 Å². The summed E-state index contributed by atoms with van der Waals surface area (Å²) in [6, 6.07) is 14.0. The Morgan fingerprint density at radius 1 is 1.17 bits per heavy atom. The number of ether oxygens (including phenoxy) is 1. The van der Waals surface area contributed by atoms with Crippen LogP contribution in [0.1, 0.15) is 40.5 Å². The number of carbonyl (C=O) groups is 1. The van der Waals surface area contributed by atoms with Crippen LogP contribution in [0, 0.1) is 18.7 Å². The van der Waals surface area contributed by atoms with Gasteiger partial charge in [0.15, 0.2) is 0 Å². The molecule has 2 aromatic carbocycles. The van der Waals surface area contributed by atoms with Crippen molar-refractivity contribution in [2.75, 3.05) is 6.54 Å². The summed E-state index contributed by atoms with van der Waals surface area (Å²) < 4.78 is 19.9. The quantitative estimate of drug-likeness (QED) is 0.493. The van der Waals surface area contributed by atoms with Gasteiger partial charge < -0.3 is 9.64 Å². The van der Waals surface area contributed by atoms with Crippen LogP contribution in [-0.2, 0) is 13.2 Å². The molecule has 1 heterocycles. The Labute approximate surface area is 175 Å². The summed E-state index contributed by atoms with van der Waals surface area (Å²) >= 11 is 1.50. The zero-order valence-electron chi connectivity index (χ0n) is 16.9. The van der Waals surface area contributed by atoms with Crippen molar-refractivity contribution in [1.82, 2.24) is 9.88 Å². The van der Waals surface area contributed by atoms with Crippen LogP contribution in [0.25, 0.3) is 0 Å². The van der Waals surface area contributed by atoms with Gasteiger partial charge in [-0.25, -0.2) is 9.37 Å². The molecule has 0 aliphatic heterocycles. The fourth-order valence-corrected chi connectivity index (χ4v) is 3.62. The summed E-state index contributed by atoms with van der Waals surface area (Å²) in [6.45, 7) is 7.33. The Hall–Kier alpha value is -2.73. The van der Waals surface area contributed by atoms with Crippen molar-refractivity contribution < 1.29 is 13.9 Å². The Kier molecular flexibility index (Phi) is 6.99. The molecule has 0 unspecified atom stereocenters. The molecule has 0 N–H and O–H groups in total. The van der Waals surface area contributed by atoms with Crippen molar-refractivity contribution in [3.05, 3.63) is 81.6 Å². The van der Waals surface area contributed by atoms with Crippen molar-refractivity contribution in [2.45, 2.75) is 33.9 Å². The molecule has 0 bridgehead atoms. The van der Waals surface area contributed by atoms with Crippen LogP contribution in [-0.4, -0.2) is 22.3 Å². The standard InChI is InChI=1S/C23H25FN2O2S/c1-16(2)12-26(23(27)20-6-4-5-7-21(20)24)13-18-15-29-22(25-18)14-28-19-10-8-17(3)9-11-19/h4-11,15-16H,12-14H2,1-3H3. The monoisotopic (exact) mass is 412 g/mol. The van der Waals surface area contributed by atoms with E-state index in [0.29, 0.717) is 19.7 Å². The van der Waals surface area contributed by atoms with Crippen LogP contribution in [0.4, 0.5) is 4.39 Å². The molecule has 1 aromatic heterocycles. The van der Waals surface area contributed by atoms with Gasteiger partial charge in [0, 0.05) is 11.9 Å². The van der Waals surface area contributed by atoms with Gasteiger partial charge in [-0.3, -0.25) is 4.79 Å². The second-order valence-electron chi connectivity index (χ2n) is 7.39. The maximum Gasteiger partial charge on any atom is 0.257 e. The number of carbonyl (C=O) groups excluding carboxylic acids is 1. The summed E-state index contributed by atoms with van der Waals surface area (Å²) in [6.07, 6.45) is 0. The number of rotatable bonds is 8. The molecule has 0 saturated carbocycles. The molecule has 1 amide bonds. The van der Waals surface area contributed by atoms with Gasteiger partial charge in [-0.05, 0) is 37.1 Å². The number of thiazole rings is 1. The third kappa shape index (κ3) is 5.87. The zero-order valence-corrected chi connectivity index (χ0v) is 17.7. The minimum atomic E-state index is -0.503. The molecule has 0 radical (unpaired) electrons. The van der Waals surface area contributed by atoms with Crippen molar-refractivity contribution in [3.63, 3.8) is 0 Å². The number of halogens is 1. The lowest BCUT2D eigenvalue weighted by molar-refractivity contribution is 0.0716. The van der Waals surface area contributed by atoms with Gasteiger partial charge in [0.05, 0.1) is 17.8 Å². The van der Waals surface area contributed by atoms with Crippen molar-refractivity contribution in [3.8, 4) is 5.75 Å². The summed E-state index contributed by atoms with van der Waals surface area (Å²) in [5.74, 6) is 0.233. The molecule has 3 aromatic rings. The van der Waals surface area contributed by atoms with Crippen LogP contribution in [0.2, 0.25) is 0 Å². The minimum Gasteiger partial charge on any atom is -0.486 e. The Bertz CT molecular complexity index is 954. The lowest BCUT2D eigenvalue weighted by Crippen LogP contribution is -2.34. The second-order valence-corrected chi connectivity index (χ2v) is 8.34. The van der Waals surface area contributed by atoms with Gasteiger partial charge in [0.25, 0.3) is 5.91 Å². The number of hydrogen-bond donors (Lipinski definition) is 0. The number of aryl methyl sites for hydroxylation is 1. The number of hydrogen-bond acceptors (Lipinski definition) is 4. The molecule has 3 rings (SSSR count). The van der Waals surface area contributed by atoms with E-state index in [1.807, 2.05) is 50.4 Å². The highest BCUT2D eigenvalue weighted by molar-refractivity contribution is 7.09. The highest BCUT2D eigenvalue weighted by Gasteiger charge is 2.21. The van der Waals surface area contributed by atoms with Gasteiger partial charge >= 0.3 is 0 Å². The van der Waals surface area contributed by atoms with Gasteiger partial charge in [-0.15, -0.1) is 11.3 Å². The molecule has 0 atom stereocenters. The van der Waals surface area contributed by atoms with Crippen LogP contribution >= 0.6 is 11.3 Å². The third-order valence-corrected chi connectivity index (χ3v) is 5.18. The number of nitrogens with zero attached hydrogens (tertiary/aromatic N) is 2. The SMILES string of the molecule is Cc1ccc(OCc2nc(CN(CC(C)C)C(=O)c3ccccc3F)cs2)cc1. The average Bonchev–Trinajstić information content (AvgIpc) is 3.14. The first-order valence-corrected chi connectivity index (χ1v) is 10.5. The van der Waals surface area contributed by atoms with E-state index in [2.05, 4.69) is 4.98 Å². The molecule has 0 fully saturated rings. The van der Waals surface area contributed by atoms with Crippen molar-refractivity contribution >= 4 is 17.2 Å². The fourth-order valence-electron chi connectivity index (χ4n) is 2.93. The summed E-state index contributed by atoms with van der Waals surface area (Å²) in [5, 5.41) is 2.76. The van der Waals surface area contributed by atoms with E-state index < -0.39 is 5.82 Å². The van der Waals surface area contributed by atoms with Gasteiger partial charge in [-0.2, -0.15) is 0 Å². The van der Waals surface area contributed by atoms with Crippen LogP contribution < -0.4 is 4.74 Å². The van der Waals surface area contributed by atoms with E-state index in [0.717, 1.165) is 16.5 Å². The van der Waals surface area contributed by atoms with Gasteiger partial charge in [-0.1, -0.05) is 43.7 Å². The molecule has 0 saturated heterocycles. The molecular weight excluding hydrogens is 387 g/mol. The molecule has 152 valence electrons. The Morgan fingerprint density at radius 3 is 2.59 bits per heavy atom. The maximum absolute atomic E-state index is 14.1. The van der Waals surface area contributed by atoms with E-state index in [1.165, 1.54) is 29.0 Å². The predicted molar refractivity (Wildman–Crippen MR) is 114 cm³/mol. The molecule has 0 spiro atoms. The van der Waals surface area contributed by atoms with E-state index in [4.69, 9.17) is 4.74 Å². The van der Waals surface area contributed by atoms with E-state index in [-0.39, 0.29) is 17.4 Å². The van der Waals surface area contributed by atoms with E-state index in [1.54, 1.807) is 17.0 Å². The Morgan fingerprint density at radius 2 is 1.90 bits per heavy atom. The summed E-state index contributed by atoms with van der Waals surface area (Å²) in [7, 11) is 0. The van der Waals surface area contributed by atoms with Gasteiger partial charge in [0.2, 0.25) is 0 Å². The summed E-state index contributed by atoms with van der Waals surface area (Å²) in [5.41, 5.74) is 2.05. The zero-order chi connectivity index (χ0) is 20.8. The van der Waals surface area contributed by atoms with Crippen molar-refractivity contribution in [2.24, 2.45) is 5.92 Å². The Balaban J connectivity index is 1.67. The first kappa shape index (κ1) is 21.0. The minimum absolute atomic E-state index is 0.0892. The van der Waals surface area contributed by atoms with Gasteiger partial charge in [0.1, 0.15) is 23.2 Å². The molecule has 0 aliphatic rings. The highest BCUT2D eigenvalue weighted by Crippen LogP contribution is 2.19. The first-order valence-electron chi connectivity index (χ1n) is 9.59. The smallest absolute Gasteiger partial charge is 0.257 e. The molecular formula is C23H25FN2O2S. The average molecular weight is 413 g/mol. The highest BCUT2D eigenvalue weighted by atomic mass is 32.1. The van der Waals surface area contributed by atoms with Crippen LogP contribution in [0.5, 0.6) is 5.75 Å². The summed E-state index contributed by atoms with van der Waals surface area (Å²) in [4.78, 5) is 19.1. The first-order chi connectivity index (χ1) is 13.9. The van der Waals surface area contributed by atoms with E-state index >= 15 is 0 Å². The van der Waals surface area contributed by atoms with E-state index in [9.17, 15) is 9.18 Å². The fraction of sp³-hybridized carbons (Fsp3) is 0.304. The number of aromatic nitrogens is 1. The normalized spacial score (nSPS) is 10.9. The molecule has 4 nitrogen and oxygen atoms in total. The number of benzene rings is 2. The number of amides is 1. The molecule has 6 heteroatoms. The lowest BCUT2D eigenvalue weighted by atomic mass is 10.1. The van der Waals surface area contributed by atoms with Crippen LogP contribution in [0.3, 0.4) is 0 Å². The maximum atomic E-state index is 14.1. The lowest BCUT2D eigenvalue weighted by Gasteiger charge is -2.24.